The number of ether oxygens (including phenoxy) is 1. The summed E-state index contributed by atoms with van der Waals surface area (Å²) in [6.07, 6.45) is 1.68. The Hall–Kier alpha value is -3.31. The number of rotatable bonds is 6. The van der Waals surface area contributed by atoms with Gasteiger partial charge in [-0.05, 0) is 67.6 Å². The number of carbonyl (C=O) groups excluding carboxylic acids is 2. The molecule has 0 atom stereocenters. The highest BCUT2D eigenvalue weighted by atomic mass is 35.5. The predicted octanol–water partition coefficient (Wildman–Crippen LogP) is 6.38. The van der Waals surface area contributed by atoms with Crippen molar-refractivity contribution in [3.63, 3.8) is 0 Å². The van der Waals surface area contributed by atoms with E-state index >= 15 is 0 Å². The van der Waals surface area contributed by atoms with Crippen LogP contribution in [-0.4, -0.2) is 51.8 Å². The average Bonchev–Trinajstić information content (AvgIpc) is 3.34. The molecule has 12 heteroatoms. The average molecular weight is 587 g/mol. The van der Waals surface area contributed by atoms with Crippen LogP contribution in [0.5, 0.6) is 0 Å². The summed E-state index contributed by atoms with van der Waals surface area (Å²) in [4.78, 5) is 40.8. The number of nitrogens with zero attached hydrogens (tertiary/aromatic N) is 4. The molecule has 0 N–H and O–H groups in total. The fraction of sp³-hybridized carbons (Fsp3) is 0.259. The number of nitro groups is 1. The standard InChI is InChI=1S/C27H24Cl2N4O5S/c1-16-12-18(13-25-26(34)31(27(35)39-25)15-20-21(28)4-3-5-22(20)29)17(2)32(16)19-6-7-23(24(14-19)33(36)37)30-8-10-38-11-9-30/h3-7,12-14H,8-11,15H2,1-2H3/b25-13-. The van der Waals surface area contributed by atoms with Crippen LogP contribution in [0, 0.1) is 24.0 Å². The third kappa shape index (κ3) is 5.29. The molecule has 2 aliphatic rings. The highest BCUT2D eigenvalue weighted by Crippen LogP contribution is 2.37. The molecule has 0 aliphatic carbocycles. The molecule has 0 saturated carbocycles. The largest absolute Gasteiger partial charge is 0.378 e. The number of aryl methyl sites for hydroxylation is 1. The predicted molar refractivity (Wildman–Crippen MR) is 153 cm³/mol. The monoisotopic (exact) mass is 586 g/mol. The van der Waals surface area contributed by atoms with Crippen LogP contribution < -0.4 is 4.90 Å². The molecular formula is C27H24Cl2N4O5S. The summed E-state index contributed by atoms with van der Waals surface area (Å²) in [6.45, 7) is 5.95. The van der Waals surface area contributed by atoms with Crippen molar-refractivity contribution in [3.8, 4) is 5.69 Å². The lowest BCUT2D eigenvalue weighted by Crippen LogP contribution is -2.36. The van der Waals surface area contributed by atoms with E-state index in [9.17, 15) is 19.7 Å². The molecule has 3 aromatic rings. The van der Waals surface area contributed by atoms with Crippen LogP contribution in [0.1, 0.15) is 22.5 Å². The smallest absolute Gasteiger partial charge is 0.294 e. The zero-order chi connectivity index (χ0) is 27.8. The maximum absolute atomic E-state index is 13.2. The van der Waals surface area contributed by atoms with Gasteiger partial charge < -0.3 is 14.2 Å². The SMILES string of the molecule is Cc1cc(/C=C2\SC(=O)N(Cc3c(Cl)cccc3Cl)C2=O)c(C)n1-c1ccc(N2CCOCC2)c([N+](=O)[O-])c1. The number of morpholine rings is 1. The second kappa shape index (κ2) is 11.1. The minimum atomic E-state index is -0.434. The van der Waals surface area contributed by atoms with Crippen LogP contribution in [0.25, 0.3) is 11.8 Å². The molecule has 2 aromatic carbocycles. The Kier molecular flexibility index (Phi) is 7.73. The van der Waals surface area contributed by atoms with Crippen LogP contribution >= 0.6 is 35.0 Å². The molecule has 202 valence electrons. The first kappa shape index (κ1) is 27.3. The Morgan fingerprint density at radius 1 is 1.08 bits per heavy atom. The van der Waals surface area contributed by atoms with E-state index in [1.807, 2.05) is 35.4 Å². The molecule has 1 aromatic heterocycles. The molecule has 2 aliphatic heterocycles. The molecule has 0 unspecified atom stereocenters. The van der Waals surface area contributed by atoms with E-state index in [4.69, 9.17) is 27.9 Å². The topological polar surface area (TPSA) is 97.9 Å². The Morgan fingerprint density at radius 2 is 1.77 bits per heavy atom. The summed E-state index contributed by atoms with van der Waals surface area (Å²) in [5.41, 5.74) is 4.05. The van der Waals surface area contributed by atoms with Crippen LogP contribution in [0.2, 0.25) is 10.0 Å². The molecule has 0 radical (unpaired) electrons. The summed E-state index contributed by atoms with van der Waals surface area (Å²) in [5.74, 6) is -0.434. The van der Waals surface area contributed by atoms with Gasteiger partial charge in [0.05, 0.1) is 35.3 Å². The first-order valence-electron chi connectivity index (χ1n) is 12.1. The quantitative estimate of drug-likeness (QED) is 0.188. The van der Waals surface area contributed by atoms with Crippen molar-refractivity contribution >= 4 is 63.6 Å². The van der Waals surface area contributed by atoms with Gasteiger partial charge in [-0.1, -0.05) is 29.3 Å². The van der Waals surface area contributed by atoms with Crippen LogP contribution in [0.4, 0.5) is 16.2 Å². The third-order valence-electron chi connectivity index (χ3n) is 6.77. The van der Waals surface area contributed by atoms with Crippen LogP contribution in [0.15, 0.2) is 47.4 Å². The minimum absolute atomic E-state index is 0.0165. The maximum Gasteiger partial charge on any atom is 0.294 e. The van der Waals surface area contributed by atoms with Crippen molar-refractivity contribution in [2.75, 3.05) is 31.2 Å². The molecule has 0 bridgehead atoms. The lowest BCUT2D eigenvalue weighted by Gasteiger charge is -2.28. The normalized spacial score (nSPS) is 17.0. The number of benzene rings is 2. The Labute approximate surface area is 239 Å². The van der Waals surface area contributed by atoms with Crippen molar-refractivity contribution in [2.45, 2.75) is 20.4 Å². The number of halogens is 2. The van der Waals surface area contributed by atoms with Crippen molar-refractivity contribution in [3.05, 3.63) is 90.0 Å². The molecule has 9 nitrogen and oxygen atoms in total. The van der Waals surface area contributed by atoms with Crippen molar-refractivity contribution < 1.29 is 19.2 Å². The van der Waals surface area contributed by atoms with Gasteiger partial charge in [-0.25, -0.2) is 0 Å². The Balaban J connectivity index is 1.45. The Morgan fingerprint density at radius 3 is 2.44 bits per heavy atom. The lowest BCUT2D eigenvalue weighted by molar-refractivity contribution is -0.384. The van der Waals surface area contributed by atoms with E-state index < -0.39 is 11.1 Å². The number of anilines is 1. The lowest BCUT2D eigenvalue weighted by atomic mass is 10.2. The number of imide groups is 1. The number of aromatic nitrogens is 1. The van der Waals surface area contributed by atoms with Gasteiger partial charge in [-0.3, -0.25) is 24.6 Å². The van der Waals surface area contributed by atoms with E-state index in [-0.39, 0.29) is 22.1 Å². The molecule has 0 spiro atoms. The molecule has 3 heterocycles. The van der Waals surface area contributed by atoms with Crippen molar-refractivity contribution in [1.29, 1.82) is 0 Å². The van der Waals surface area contributed by atoms with Gasteiger partial charge in [0.2, 0.25) is 0 Å². The number of hydrogen-bond donors (Lipinski definition) is 0. The van der Waals surface area contributed by atoms with E-state index in [2.05, 4.69) is 0 Å². The van der Waals surface area contributed by atoms with E-state index in [1.165, 1.54) is 0 Å². The van der Waals surface area contributed by atoms with E-state index in [0.29, 0.717) is 53.3 Å². The summed E-state index contributed by atoms with van der Waals surface area (Å²) >= 11 is 13.3. The van der Waals surface area contributed by atoms with E-state index in [1.54, 1.807) is 36.4 Å². The summed E-state index contributed by atoms with van der Waals surface area (Å²) < 4.78 is 7.28. The van der Waals surface area contributed by atoms with Gasteiger partial charge >= 0.3 is 0 Å². The molecule has 2 fully saturated rings. The number of hydrogen-bond acceptors (Lipinski definition) is 7. The van der Waals surface area contributed by atoms with Crippen LogP contribution in [-0.2, 0) is 16.1 Å². The molecule has 2 amide bonds. The number of carbonyl (C=O) groups is 2. The minimum Gasteiger partial charge on any atom is -0.378 e. The first-order valence-corrected chi connectivity index (χ1v) is 13.7. The van der Waals surface area contributed by atoms with Crippen LogP contribution in [0.3, 0.4) is 0 Å². The molecule has 2 saturated heterocycles. The first-order chi connectivity index (χ1) is 18.7. The molecule has 39 heavy (non-hydrogen) atoms. The van der Waals surface area contributed by atoms with Gasteiger partial charge in [0.15, 0.2) is 0 Å². The van der Waals surface area contributed by atoms with Gasteiger partial charge in [0, 0.05) is 46.2 Å². The second-order valence-electron chi connectivity index (χ2n) is 9.16. The fourth-order valence-corrected chi connectivity index (χ4v) is 6.17. The molecule has 5 rings (SSSR count). The number of nitro benzene ring substituents is 1. The van der Waals surface area contributed by atoms with Gasteiger partial charge in [-0.15, -0.1) is 0 Å². The van der Waals surface area contributed by atoms with Gasteiger partial charge in [0.25, 0.3) is 16.8 Å². The third-order valence-corrected chi connectivity index (χ3v) is 8.39. The zero-order valence-corrected chi connectivity index (χ0v) is 23.5. The molecular weight excluding hydrogens is 563 g/mol. The van der Waals surface area contributed by atoms with Crippen molar-refractivity contribution in [1.82, 2.24) is 9.47 Å². The highest BCUT2D eigenvalue weighted by Gasteiger charge is 2.36. The second-order valence-corrected chi connectivity index (χ2v) is 11.0. The number of thioether (sulfide) groups is 1. The number of amides is 2. The fourth-order valence-electron chi connectivity index (χ4n) is 4.82. The highest BCUT2D eigenvalue weighted by molar-refractivity contribution is 8.18. The van der Waals surface area contributed by atoms with Gasteiger partial charge in [-0.2, -0.15) is 0 Å². The van der Waals surface area contributed by atoms with E-state index in [0.717, 1.165) is 33.6 Å². The summed E-state index contributed by atoms with van der Waals surface area (Å²) in [6, 6.07) is 12.1. The van der Waals surface area contributed by atoms with Crippen molar-refractivity contribution in [2.24, 2.45) is 0 Å². The summed E-state index contributed by atoms with van der Waals surface area (Å²) in [7, 11) is 0. The van der Waals surface area contributed by atoms with Gasteiger partial charge in [0.1, 0.15) is 5.69 Å². The zero-order valence-electron chi connectivity index (χ0n) is 21.1. The summed E-state index contributed by atoms with van der Waals surface area (Å²) in [5, 5.41) is 12.3. The Bertz CT molecular complexity index is 1510. The maximum atomic E-state index is 13.2.